The van der Waals surface area contributed by atoms with Gasteiger partial charge in [-0.3, -0.25) is 0 Å². The molecule has 0 saturated heterocycles. The van der Waals surface area contributed by atoms with Crippen LogP contribution >= 0.6 is 0 Å². The summed E-state index contributed by atoms with van der Waals surface area (Å²) in [6, 6.07) is 7.87. The number of benzene rings is 1. The van der Waals surface area contributed by atoms with Crippen molar-refractivity contribution in [1.29, 1.82) is 0 Å². The lowest BCUT2D eigenvalue weighted by molar-refractivity contribution is -0.0493. The molecule has 0 fully saturated rings. The highest BCUT2D eigenvalue weighted by Crippen LogP contribution is 2.26. The maximum absolute atomic E-state index is 12.3. The molecule has 0 radical (unpaired) electrons. The lowest BCUT2D eigenvalue weighted by Gasteiger charge is -2.12. The molecule has 0 saturated carbocycles. The summed E-state index contributed by atoms with van der Waals surface area (Å²) in [4.78, 5) is 11.5. The van der Waals surface area contributed by atoms with Crippen molar-refractivity contribution >= 4 is 11.7 Å². The van der Waals surface area contributed by atoms with Crippen molar-refractivity contribution < 1.29 is 27.5 Å². The summed E-state index contributed by atoms with van der Waals surface area (Å²) in [5.74, 6) is -0.512. The molecule has 0 atom stereocenters. The molecule has 1 N–H and O–H groups in total. The van der Waals surface area contributed by atoms with Crippen LogP contribution < -0.4 is 10.1 Å². The van der Waals surface area contributed by atoms with Gasteiger partial charge < -0.3 is 19.2 Å². The van der Waals surface area contributed by atoms with Crippen LogP contribution in [0.15, 0.2) is 41.0 Å². The SMILES string of the molecule is COC(=O)c1occc1CNc1ccccc1OC(F)F. The van der Waals surface area contributed by atoms with Gasteiger partial charge >= 0.3 is 12.6 Å². The van der Waals surface area contributed by atoms with Crippen LogP contribution in [0.3, 0.4) is 0 Å². The van der Waals surface area contributed by atoms with Gasteiger partial charge in [0.2, 0.25) is 5.76 Å². The van der Waals surface area contributed by atoms with E-state index in [-0.39, 0.29) is 18.1 Å². The molecule has 0 spiro atoms. The number of carbonyl (C=O) groups is 1. The summed E-state index contributed by atoms with van der Waals surface area (Å²) in [7, 11) is 1.24. The van der Waals surface area contributed by atoms with Crippen molar-refractivity contribution in [3.05, 3.63) is 47.9 Å². The first kappa shape index (κ1) is 14.8. The molecule has 0 bridgehead atoms. The molecule has 0 aliphatic carbocycles. The van der Waals surface area contributed by atoms with Gasteiger partial charge in [-0.05, 0) is 18.2 Å². The zero-order valence-corrected chi connectivity index (χ0v) is 11.1. The maximum Gasteiger partial charge on any atom is 0.387 e. The lowest BCUT2D eigenvalue weighted by Crippen LogP contribution is -2.09. The second-order valence-corrected chi connectivity index (χ2v) is 3.99. The maximum atomic E-state index is 12.3. The summed E-state index contributed by atoms with van der Waals surface area (Å²) >= 11 is 0. The van der Waals surface area contributed by atoms with E-state index >= 15 is 0 Å². The van der Waals surface area contributed by atoms with Gasteiger partial charge in [0, 0.05) is 12.1 Å². The highest BCUT2D eigenvalue weighted by molar-refractivity contribution is 5.87. The molecule has 1 aromatic heterocycles. The van der Waals surface area contributed by atoms with Crippen molar-refractivity contribution in [2.45, 2.75) is 13.2 Å². The zero-order valence-electron chi connectivity index (χ0n) is 11.1. The van der Waals surface area contributed by atoms with E-state index in [0.29, 0.717) is 11.3 Å². The number of halogens is 2. The van der Waals surface area contributed by atoms with Crippen molar-refractivity contribution in [3.8, 4) is 5.75 Å². The van der Waals surface area contributed by atoms with Crippen molar-refractivity contribution in [1.82, 2.24) is 0 Å². The number of hydrogen-bond donors (Lipinski definition) is 1. The van der Waals surface area contributed by atoms with E-state index in [0.717, 1.165) is 0 Å². The van der Waals surface area contributed by atoms with Crippen molar-refractivity contribution in [2.75, 3.05) is 12.4 Å². The molecule has 1 heterocycles. The van der Waals surface area contributed by atoms with E-state index < -0.39 is 12.6 Å². The number of hydrogen-bond acceptors (Lipinski definition) is 5. The molecule has 0 aliphatic rings. The average Bonchev–Trinajstić information content (AvgIpc) is 2.93. The van der Waals surface area contributed by atoms with Crippen LogP contribution in [0, 0.1) is 0 Å². The fourth-order valence-electron chi connectivity index (χ4n) is 1.75. The van der Waals surface area contributed by atoms with E-state index in [1.807, 2.05) is 0 Å². The summed E-state index contributed by atoms with van der Waals surface area (Å²) in [6.45, 7) is -2.71. The second-order valence-electron chi connectivity index (χ2n) is 3.99. The van der Waals surface area contributed by atoms with Gasteiger partial charge in [-0.2, -0.15) is 8.78 Å². The highest BCUT2D eigenvalue weighted by atomic mass is 19.3. The Morgan fingerprint density at radius 2 is 2.10 bits per heavy atom. The first-order valence-electron chi connectivity index (χ1n) is 6.04. The van der Waals surface area contributed by atoms with E-state index in [2.05, 4.69) is 14.8 Å². The Morgan fingerprint density at radius 3 is 2.81 bits per heavy atom. The van der Waals surface area contributed by atoms with Crippen LogP contribution in [-0.2, 0) is 11.3 Å². The Kier molecular flexibility index (Phi) is 4.76. The van der Waals surface area contributed by atoms with Crippen molar-refractivity contribution in [2.24, 2.45) is 0 Å². The monoisotopic (exact) mass is 297 g/mol. The molecule has 2 rings (SSSR count). The van der Waals surface area contributed by atoms with Gasteiger partial charge in [-0.1, -0.05) is 12.1 Å². The van der Waals surface area contributed by atoms with Gasteiger partial charge in [0.05, 0.1) is 19.1 Å². The highest BCUT2D eigenvalue weighted by Gasteiger charge is 2.16. The number of ether oxygens (including phenoxy) is 2. The Bertz CT molecular complexity index is 613. The van der Waals surface area contributed by atoms with Crippen LogP contribution in [-0.4, -0.2) is 19.7 Å². The Hall–Kier alpha value is -2.57. The van der Waals surface area contributed by atoms with E-state index in [1.54, 1.807) is 24.3 Å². The quantitative estimate of drug-likeness (QED) is 0.829. The predicted octanol–water partition coefficient (Wildman–Crippen LogP) is 3.28. The summed E-state index contributed by atoms with van der Waals surface area (Å²) < 4.78 is 38.6. The molecule has 1 aromatic carbocycles. The van der Waals surface area contributed by atoms with Crippen LogP contribution in [0.1, 0.15) is 16.1 Å². The van der Waals surface area contributed by atoms with Gasteiger partial charge in [0.15, 0.2) is 0 Å². The molecular weight excluding hydrogens is 284 g/mol. The third-order valence-electron chi connectivity index (χ3n) is 2.69. The Balaban J connectivity index is 2.10. The largest absolute Gasteiger partial charge is 0.463 e. The van der Waals surface area contributed by atoms with Crippen LogP contribution in [0.25, 0.3) is 0 Å². The summed E-state index contributed by atoms with van der Waals surface area (Å²) in [6.07, 6.45) is 1.35. The van der Waals surface area contributed by atoms with Crippen LogP contribution in [0.2, 0.25) is 0 Å². The third-order valence-corrected chi connectivity index (χ3v) is 2.69. The lowest BCUT2D eigenvalue weighted by atomic mass is 10.2. The minimum Gasteiger partial charge on any atom is -0.463 e. The van der Waals surface area contributed by atoms with Crippen LogP contribution in [0.5, 0.6) is 5.75 Å². The number of carbonyl (C=O) groups excluding carboxylic acids is 1. The number of anilines is 1. The molecule has 2 aromatic rings. The standard InChI is InChI=1S/C14H13F2NO4/c1-19-13(18)12-9(6-7-20-12)8-17-10-4-2-3-5-11(10)21-14(15)16/h2-7,14,17H,8H2,1H3. The van der Waals surface area contributed by atoms with Crippen molar-refractivity contribution in [3.63, 3.8) is 0 Å². The zero-order chi connectivity index (χ0) is 15.2. The molecule has 0 aliphatic heterocycles. The molecule has 7 heteroatoms. The number of furan rings is 1. The number of esters is 1. The molecule has 21 heavy (non-hydrogen) atoms. The molecule has 112 valence electrons. The van der Waals surface area contributed by atoms with E-state index in [9.17, 15) is 13.6 Å². The molecule has 5 nitrogen and oxygen atoms in total. The number of nitrogens with one attached hydrogen (secondary N) is 1. The van der Waals surface area contributed by atoms with Gasteiger partial charge in [0.25, 0.3) is 0 Å². The second kappa shape index (κ2) is 6.74. The minimum atomic E-state index is -2.91. The van der Waals surface area contributed by atoms with Gasteiger partial charge in [0.1, 0.15) is 5.75 Å². The number of methoxy groups -OCH3 is 1. The Labute approximate surface area is 119 Å². The van der Waals surface area contributed by atoms with E-state index in [4.69, 9.17) is 4.42 Å². The summed E-state index contributed by atoms with van der Waals surface area (Å²) in [5.41, 5.74) is 0.934. The number of rotatable bonds is 6. The normalized spacial score (nSPS) is 10.5. The smallest absolute Gasteiger partial charge is 0.387 e. The topological polar surface area (TPSA) is 60.7 Å². The van der Waals surface area contributed by atoms with Crippen LogP contribution in [0.4, 0.5) is 14.5 Å². The molecule has 0 amide bonds. The predicted molar refractivity (Wildman–Crippen MR) is 70.4 cm³/mol. The Morgan fingerprint density at radius 1 is 1.33 bits per heavy atom. The molecule has 0 unspecified atom stereocenters. The van der Waals surface area contributed by atoms with Gasteiger partial charge in [-0.25, -0.2) is 4.79 Å². The fraction of sp³-hybridized carbons (Fsp3) is 0.214. The number of alkyl halides is 2. The van der Waals surface area contributed by atoms with Gasteiger partial charge in [-0.15, -0.1) is 0 Å². The fourth-order valence-corrected chi connectivity index (χ4v) is 1.75. The first-order chi connectivity index (χ1) is 10.1. The summed E-state index contributed by atoms with van der Waals surface area (Å²) in [5, 5.41) is 2.91. The first-order valence-corrected chi connectivity index (χ1v) is 6.04. The van der Waals surface area contributed by atoms with E-state index in [1.165, 1.54) is 19.4 Å². The third kappa shape index (κ3) is 3.71. The average molecular weight is 297 g/mol. The number of para-hydroxylation sites is 2. The minimum absolute atomic E-state index is 0.0237. The molecular formula is C14H13F2NO4.